The van der Waals surface area contributed by atoms with Gasteiger partial charge in [0.05, 0.1) is 24.2 Å². The Labute approximate surface area is 87.2 Å². The molecule has 0 spiro atoms. The number of hydrogen-bond acceptors (Lipinski definition) is 4. The Hall–Kier alpha value is -1.46. The molecule has 0 saturated carbocycles. The van der Waals surface area contributed by atoms with Gasteiger partial charge in [-0.05, 0) is 5.56 Å². The third-order valence-electron chi connectivity index (χ3n) is 2.43. The van der Waals surface area contributed by atoms with Crippen LogP contribution in [0.3, 0.4) is 0 Å². The van der Waals surface area contributed by atoms with Gasteiger partial charge in [0.2, 0.25) is 0 Å². The van der Waals surface area contributed by atoms with Crippen LogP contribution in [0.25, 0.3) is 0 Å². The number of rotatable bonds is 2. The molecule has 0 bridgehead atoms. The van der Waals surface area contributed by atoms with E-state index in [0.717, 1.165) is 18.7 Å². The number of nitrogens with zero attached hydrogens (tertiary/aromatic N) is 1. The molecule has 0 radical (unpaired) electrons. The van der Waals surface area contributed by atoms with Crippen LogP contribution in [0.4, 0.5) is 5.69 Å². The summed E-state index contributed by atoms with van der Waals surface area (Å²) >= 11 is 0. The SMILES string of the molecule is O=[N+]([O-])c1ccc(C2COCCN2)cc1. The second-order valence-corrected chi connectivity index (χ2v) is 3.43. The van der Waals surface area contributed by atoms with Crippen LogP contribution >= 0.6 is 0 Å². The molecule has 1 aliphatic heterocycles. The summed E-state index contributed by atoms with van der Waals surface area (Å²) in [4.78, 5) is 10.1. The summed E-state index contributed by atoms with van der Waals surface area (Å²) in [7, 11) is 0. The minimum absolute atomic E-state index is 0.121. The highest BCUT2D eigenvalue weighted by Gasteiger charge is 2.15. The van der Waals surface area contributed by atoms with Crippen molar-refractivity contribution in [3.05, 3.63) is 39.9 Å². The van der Waals surface area contributed by atoms with Crippen molar-refractivity contribution in [3.8, 4) is 0 Å². The van der Waals surface area contributed by atoms with Gasteiger partial charge in [-0.25, -0.2) is 0 Å². The van der Waals surface area contributed by atoms with Crippen LogP contribution in [0.5, 0.6) is 0 Å². The Balaban J connectivity index is 2.11. The number of hydrogen-bond donors (Lipinski definition) is 1. The minimum Gasteiger partial charge on any atom is -0.378 e. The highest BCUT2D eigenvalue weighted by Crippen LogP contribution is 2.19. The van der Waals surface area contributed by atoms with Crippen molar-refractivity contribution in [2.75, 3.05) is 19.8 Å². The topological polar surface area (TPSA) is 64.4 Å². The van der Waals surface area contributed by atoms with Crippen molar-refractivity contribution in [2.45, 2.75) is 6.04 Å². The molecule has 2 rings (SSSR count). The van der Waals surface area contributed by atoms with Crippen molar-refractivity contribution in [1.82, 2.24) is 5.32 Å². The first kappa shape index (κ1) is 10.1. The average Bonchev–Trinajstić information content (AvgIpc) is 2.30. The van der Waals surface area contributed by atoms with Gasteiger partial charge in [-0.15, -0.1) is 0 Å². The molecular formula is C10H12N2O3. The molecule has 1 N–H and O–H groups in total. The molecule has 1 heterocycles. The highest BCUT2D eigenvalue weighted by atomic mass is 16.6. The molecule has 1 aromatic carbocycles. The van der Waals surface area contributed by atoms with Crippen molar-refractivity contribution < 1.29 is 9.66 Å². The van der Waals surface area contributed by atoms with Crippen LogP contribution in [0, 0.1) is 10.1 Å². The van der Waals surface area contributed by atoms with E-state index in [1.165, 1.54) is 12.1 Å². The Morgan fingerprint density at radius 3 is 2.67 bits per heavy atom. The number of nitro groups is 1. The van der Waals surface area contributed by atoms with Gasteiger partial charge in [0.1, 0.15) is 0 Å². The molecule has 0 amide bonds. The monoisotopic (exact) mass is 208 g/mol. The van der Waals surface area contributed by atoms with Crippen molar-refractivity contribution >= 4 is 5.69 Å². The summed E-state index contributed by atoms with van der Waals surface area (Å²) in [6.45, 7) is 2.17. The maximum absolute atomic E-state index is 10.5. The summed E-state index contributed by atoms with van der Waals surface area (Å²) in [5.41, 5.74) is 1.15. The molecule has 0 aromatic heterocycles. The molecule has 5 heteroatoms. The van der Waals surface area contributed by atoms with Gasteiger partial charge in [-0.2, -0.15) is 0 Å². The smallest absolute Gasteiger partial charge is 0.269 e. The van der Waals surface area contributed by atoms with Crippen molar-refractivity contribution in [3.63, 3.8) is 0 Å². The summed E-state index contributed by atoms with van der Waals surface area (Å²) in [6.07, 6.45) is 0. The second kappa shape index (κ2) is 4.37. The number of non-ortho nitro benzene ring substituents is 1. The molecule has 1 aromatic rings. The first-order valence-corrected chi connectivity index (χ1v) is 4.83. The highest BCUT2D eigenvalue weighted by molar-refractivity contribution is 5.34. The van der Waals surface area contributed by atoms with E-state index in [4.69, 9.17) is 4.74 Å². The summed E-state index contributed by atoms with van der Waals surface area (Å²) in [5.74, 6) is 0. The lowest BCUT2D eigenvalue weighted by atomic mass is 10.1. The van der Waals surface area contributed by atoms with Gasteiger partial charge in [-0.3, -0.25) is 10.1 Å². The zero-order valence-corrected chi connectivity index (χ0v) is 8.18. The van der Waals surface area contributed by atoms with E-state index in [-0.39, 0.29) is 11.7 Å². The van der Waals surface area contributed by atoms with Gasteiger partial charge >= 0.3 is 0 Å². The number of nitrogens with one attached hydrogen (secondary N) is 1. The molecule has 1 atom stereocenters. The van der Waals surface area contributed by atoms with Gasteiger partial charge in [0.25, 0.3) is 5.69 Å². The third kappa shape index (κ3) is 2.31. The van der Waals surface area contributed by atoms with E-state index < -0.39 is 4.92 Å². The average molecular weight is 208 g/mol. The Bertz CT molecular complexity index is 344. The Kier molecular flexibility index (Phi) is 2.94. The Morgan fingerprint density at radius 1 is 1.40 bits per heavy atom. The fraction of sp³-hybridized carbons (Fsp3) is 0.400. The predicted molar refractivity (Wildman–Crippen MR) is 54.7 cm³/mol. The molecule has 15 heavy (non-hydrogen) atoms. The van der Waals surface area contributed by atoms with E-state index in [0.29, 0.717) is 6.61 Å². The minimum atomic E-state index is -0.394. The van der Waals surface area contributed by atoms with Crippen LogP contribution < -0.4 is 5.32 Å². The zero-order chi connectivity index (χ0) is 10.7. The number of benzene rings is 1. The lowest BCUT2D eigenvalue weighted by Gasteiger charge is -2.23. The van der Waals surface area contributed by atoms with E-state index in [9.17, 15) is 10.1 Å². The number of morpholine rings is 1. The van der Waals surface area contributed by atoms with Gasteiger partial charge in [0, 0.05) is 18.7 Å². The number of nitro benzene ring substituents is 1. The number of ether oxygens (including phenoxy) is 1. The molecule has 80 valence electrons. The maximum atomic E-state index is 10.5. The fourth-order valence-electron chi connectivity index (χ4n) is 1.61. The summed E-state index contributed by atoms with van der Waals surface area (Å²) in [5, 5.41) is 13.7. The van der Waals surface area contributed by atoms with Gasteiger partial charge in [-0.1, -0.05) is 12.1 Å². The second-order valence-electron chi connectivity index (χ2n) is 3.43. The standard InChI is InChI=1S/C10H12N2O3/c13-12(14)9-3-1-8(2-4-9)10-7-15-6-5-11-10/h1-4,10-11H,5-7H2. The first-order chi connectivity index (χ1) is 7.27. The zero-order valence-electron chi connectivity index (χ0n) is 8.18. The summed E-state index contributed by atoms with van der Waals surface area (Å²) < 4.78 is 5.32. The maximum Gasteiger partial charge on any atom is 0.269 e. The molecule has 1 saturated heterocycles. The third-order valence-corrected chi connectivity index (χ3v) is 2.43. The lowest BCUT2D eigenvalue weighted by Crippen LogP contribution is -2.34. The van der Waals surface area contributed by atoms with Gasteiger partial charge < -0.3 is 10.1 Å². The van der Waals surface area contributed by atoms with Crippen LogP contribution in [0.2, 0.25) is 0 Å². The first-order valence-electron chi connectivity index (χ1n) is 4.83. The van der Waals surface area contributed by atoms with Crippen LogP contribution in [-0.4, -0.2) is 24.7 Å². The van der Waals surface area contributed by atoms with Gasteiger partial charge in [0.15, 0.2) is 0 Å². The normalized spacial score (nSPS) is 21.2. The van der Waals surface area contributed by atoms with Crippen molar-refractivity contribution in [2.24, 2.45) is 0 Å². The Morgan fingerprint density at radius 2 is 2.13 bits per heavy atom. The molecule has 1 aliphatic rings. The molecule has 5 nitrogen and oxygen atoms in total. The molecular weight excluding hydrogens is 196 g/mol. The van der Waals surface area contributed by atoms with Crippen LogP contribution in [0.15, 0.2) is 24.3 Å². The van der Waals surface area contributed by atoms with E-state index in [2.05, 4.69) is 5.32 Å². The molecule has 0 aliphatic carbocycles. The summed E-state index contributed by atoms with van der Waals surface area (Å²) in [6, 6.07) is 6.73. The predicted octanol–water partition coefficient (Wildman–Crippen LogP) is 1.26. The molecule has 1 unspecified atom stereocenters. The quantitative estimate of drug-likeness (QED) is 0.587. The lowest BCUT2D eigenvalue weighted by molar-refractivity contribution is -0.384. The van der Waals surface area contributed by atoms with Crippen molar-refractivity contribution in [1.29, 1.82) is 0 Å². The fourth-order valence-corrected chi connectivity index (χ4v) is 1.61. The largest absolute Gasteiger partial charge is 0.378 e. The van der Waals surface area contributed by atoms with Crippen LogP contribution in [0.1, 0.15) is 11.6 Å². The molecule has 1 fully saturated rings. The van der Waals surface area contributed by atoms with Crippen LogP contribution in [-0.2, 0) is 4.74 Å². The van der Waals surface area contributed by atoms with E-state index in [1.54, 1.807) is 12.1 Å². The van der Waals surface area contributed by atoms with E-state index >= 15 is 0 Å². The van der Waals surface area contributed by atoms with E-state index in [1.807, 2.05) is 0 Å².